The zero-order valence-corrected chi connectivity index (χ0v) is 9.53. The van der Waals surface area contributed by atoms with Gasteiger partial charge in [-0.1, -0.05) is 12.1 Å². The molecule has 0 saturated carbocycles. The fourth-order valence-corrected chi connectivity index (χ4v) is 1.40. The average Bonchev–Trinajstić information content (AvgIpc) is 2.16. The fraction of sp³-hybridized carbons (Fsp3) is 0.500. The van der Waals surface area contributed by atoms with E-state index in [0.29, 0.717) is 0 Å². The maximum atomic E-state index is 9.04. The largest absolute Gasteiger partial charge is 0.491 e. The first-order valence-corrected chi connectivity index (χ1v) is 5.18. The van der Waals surface area contributed by atoms with Crippen molar-refractivity contribution in [1.29, 1.82) is 0 Å². The lowest BCUT2D eigenvalue weighted by molar-refractivity contribution is 0.229. The summed E-state index contributed by atoms with van der Waals surface area (Å²) in [6, 6.07) is 5.45. The fourth-order valence-electron chi connectivity index (χ4n) is 1.40. The highest BCUT2D eigenvalue weighted by Crippen LogP contribution is 2.26. The van der Waals surface area contributed by atoms with Gasteiger partial charge >= 0.3 is 0 Å². The van der Waals surface area contributed by atoms with Crippen LogP contribution in [0.4, 0.5) is 0 Å². The number of aliphatic hydroxyl groups is 1. The summed E-state index contributed by atoms with van der Waals surface area (Å²) in [5, 5.41) is 9.04. The van der Waals surface area contributed by atoms with Crippen molar-refractivity contribution in [3.05, 3.63) is 29.3 Å². The molecule has 0 heterocycles. The summed E-state index contributed by atoms with van der Waals surface area (Å²) in [4.78, 5) is 0. The Hall–Kier alpha value is -1.06. The highest BCUT2D eigenvalue weighted by atomic mass is 16.5. The molecule has 84 valence electrons. The standard InChI is InChI=1S/C12H19NO2/c1-8(2)15-12-6-9(3)4-5-10(12)11(13)7-14/h4-6,8,11,14H,7,13H2,1-3H3. The minimum atomic E-state index is -0.376. The first-order chi connectivity index (χ1) is 7.04. The molecule has 3 nitrogen and oxygen atoms in total. The number of hydrogen-bond acceptors (Lipinski definition) is 3. The summed E-state index contributed by atoms with van der Waals surface area (Å²) >= 11 is 0. The van der Waals surface area contributed by atoms with Crippen LogP contribution in [0, 0.1) is 6.92 Å². The van der Waals surface area contributed by atoms with Gasteiger partial charge in [0, 0.05) is 5.56 Å². The van der Waals surface area contributed by atoms with Gasteiger partial charge in [0.15, 0.2) is 0 Å². The lowest BCUT2D eigenvalue weighted by Gasteiger charge is -2.18. The minimum absolute atomic E-state index is 0.0719. The number of nitrogens with two attached hydrogens (primary N) is 1. The first-order valence-electron chi connectivity index (χ1n) is 5.18. The molecule has 1 unspecified atom stereocenters. The zero-order chi connectivity index (χ0) is 11.4. The van der Waals surface area contributed by atoms with Crippen LogP contribution in [0.1, 0.15) is 31.0 Å². The Morgan fingerprint density at radius 1 is 1.40 bits per heavy atom. The Morgan fingerprint density at radius 3 is 2.60 bits per heavy atom. The predicted octanol–water partition coefficient (Wildman–Crippen LogP) is 1.77. The van der Waals surface area contributed by atoms with Gasteiger partial charge in [0.1, 0.15) is 5.75 Å². The molecule has 0 saturated heterocycles. The van der Waals surface area contributed by atoms with E-state index in [2.05, 4.69) is 0 Å². The normalized spacial score (nSPS) is 12.9. The van der Waals surface area contributed by atoms with E-state index in [1.54, 1.807) is 0 Å². The molecule has 0 aliphatic carbocycles. The molecule has 1 atom stereocenters. The molecule has 0 aliphatic rings. The van der Waals surface area contributed by atoms with Crippen LogP contribution < -0.4 is 10.5 Å². The third-order valence-electron chi connectivity index (χ3n) is 2.13. The van der Waals surface area contributed by atoms with Crippen molar-refractivity contribution in [3.8, 4) is 5.75 Å². The molecule has 1 aromatic rings. The molecule has 1 aromatic carbocycles. The van der Waals surface area contributed by atoms with Crippen LogP contribution in [0.15, 0.2) is 18.2 Å². The highest BCUT2D eigenvalue weighted by molar-refractivity contribution is 5.39. The molecule has 0 fully saturated rings. The van der Waals surface area contributed by atoms with Crippen LogP contribution >= 0.6 is 0 Å². The Balaban J connectivity index is 3.02. The van der Waals surface area contributed by atoms with Crippen LogP contribution in [-0.4, -0.2) is 17.8 Å². The average molecular weight is 209 g/mol. The monoisotopic (exact) mass is 209 g/mol. The second kappa shape index (κ2) is 5.14. The summed E-state index contributed by atoms with van der Waals surface area (Å²) < 4.78 is 5.66. The van der Waals surface area contributed by atoms with Crippen molar-refractivity contribution in [1.82, 2.24) is 0 Å². The lowest BCUT2D eigenvalue weighted by Crippen LogP contribution is -2.17. The van der Waals surface area contributed by atoms with E-state index in [1.165, 1.54) is 0 Å². The van der Waals surface area contributed by atoms with Crippen LogP contribution in [0.25, 0.3) is 0 Å². The smallest absolute Gasteiger partial charge is 0.124 e. The van der Waals surface area contributed by atoms with Gasteiger partial charge in [0.2, 0.25) is 0 Å². The Labute approximate surface area is 90.9 Å². The van der Waals surface area contributed by atoms with E-state index in [1.807, 2.05) is 39.0 Å². The topological polar surface area (TPSA) is 55.5 Å². The molecule has 0 spiro atoms. The second-order valence-electron chi connectivity index (χ2n) is 4.00. The van der Waals surface area contributed by atoms with E-state index in [9.17, 15) is 0 Å². The summed E-state index contributed by atoms with van der Waals surface area (Å²) in [6.07, 6.45) is 0.108. The molecule has 15 heavy (non-hydrogen) atoms. The maximum Gasteiger partial charge on any atom is 0.124 e. The van der Waals surface area contributed by atoms with Crippen LogP contribution in [0.3, 0.4) is 0 Å². The van der Waals surface area contributed by atoms with E-state index >= 15 is 0 Å². The third kappa shape index (κ3) is 3.22. The number of ether oxygens (including phenoxy) is 1. The van der Waals surface area contributed by atoms with Gasteiger partial charge in [-0.3, -0.25) is 0 Å². The van der Waals surface area contributed by atoms with Gasteiger partial charge in [-0.15, -0.1) is 0 Å². The Bertz CT molecular complexity index is 323. The zero-order valence-electron chi connectivity index (χ0n) is 9.53. The van der Waals surface area contributed by atoms with Crippen LogP contribution in [0.5, 0.6) is 5.75 Å². The number of aryl methyl sites for hydroxylation is 1. The molecule has 0 aromatic heterocycles. The van der Waals surface area contributed by atoms with E-state index in [0.717, 1.165) is 16.9 Å². The molecule has 0 aliphatic heterocycles. The first kappa shape index (κ1) is 12.0. The summed E-state index contributed by atoms with van der Waals surface area (Å²) in [7, 11) is 0. The van der Waals surface area contributed by atoms with Crippen molar-refractivity contribution in [2.75, 3.05) is 6.61 Å². The molecule has 0 radical (unpaired) electrons. The summed E-state index contributed by atoms with van der Waals surface area (Å²) in [5.41, 5.74) is 7.77. The maximum absolute atomic E-state index is 9.04. The van der Waals surface area contributed by atoms with E-state index < -0.39 is 0 Å². The van der Waals surface area contributed by atoms with Crippen LogP contribution in [0.2, 0.25) is 0 Å². The lowest BCUT2D eigenvalue weighted by atomic mass is 10.0. The van der Waals surface area contributed by atoms with Gasteiger partial charge in [-0.05, 0) is 32.4 Å². The van der Waals surface area contributed by atoms with Gasteiger partial charge in [-0.2, -0.15) is 0 Å². The number of benzene rings is 1. The van der Waals surface area contributed by atoms with Gasteiger partial charge < -0.3 is 15.6 Å². The van der Waals surface area contributed by atoms with Gasteiger partial charge in [-0.25, -0.2) is 0 Å². The van der Waals surface area contributed by atoms with Crippen molar-refractivity contribution in [3.63, 3.8) is 0 Å². The highest BCUT2D eigenvalue weighted by Gasteiger charge is 2.12. The molecular formula is C12H19NO2. The molecule has 3 N–H and O–H groups in total. The van der Waals surface area contributed by atoms with Crippen molar-refractivity contribution in [2.24, 2.45) is 5.73 Å². The quantitative estimate of drug-likeness (QED) is 0.794. The minimum Gasteiger partial charge on any atom is -0.491 e. The van der Waals surface area contributed by atoms with Crippen molar-refractivity contribution in [2.45, 2.75) is 32.9 Å². The summed E-state index contributed by atoms with van der Waals surface area (Å²) in [5.74, 6) is 0.770. The molecule has 0 amide bonds. The van der Waals surface area contributed by atoms with Crippen molar-refractivity contribution < 1.29 is 9.84 Å². The predicted molar refractivity (Wildman–Crippen MR) is 61.0 cm³/mol. The van der Waals surface area contributed by atoms with Gasteiger partial charge in [0.05, 0.1) is 18.8 Å². The van der Waals surface area contributed by atoms with Crippen molar-refractivity contribution >= 4 is 0 Å². The number of aliphatic hydroxyl groups excluding tert-OH is 1. The molecule has 0 bridgehead atoms. The number of rotatable bonds is 4. The van der Waals surface area contributed by atoms with E-state index in [-0.39, 0.29) is 18.8 Å². The van der Waals surface area contributed by atoms with E-state index in [4.69, 9.17) is 15.6 Å². The number of hydrogen-bond donors (Lipinski definition) is 2. The SMILES string of the molecule is Cc1ccc(C(N)CO)c(OC(C)C)c1. The molecular weight excluding hydrogens is 190 g/mol. The molecule has 3 heteroatoms. The molecule has 1 rings (SSSR count). The summed E-state index contributed by atoms with van der Waals surface area (Å²) in [6.45, 7) is 5.87. The van der Waals surface area contributed by atoms with Gasteiger partial charge in [0.25, 0.3) is 0 Å². The second-order valence-corrected chi connectivity index (χ2v) is 4.00. The Kier molecular flexibility index (Phi) is 4.12. The Morgan fingerprint density at radius 2 is 2.07 bits per heavy atom. The van der Waals surface area contributed by atoms with Crippen LogP contribution in [-0.2, 0) is 0 Å². The third-order valence-corrected chi connectivity index (χ3v) is 2.13.